The van der Waals surface area contributed by atoms with E-state index in [-0.39, 0.29) is 18.3 Å². The van der Waals surface area contributed by atoms with Crippen molar-refractivity contribution in [2.45, 2.75) is 51.3 Å². The highest BCUT2D eigenvalue weighted by molar-refractivity contribution is 7.98. The first-order valence-electron chi connectivity index (χ1n) is 13.6. The van der Waals surface area contributed by atoms with E-state index < -0.39 is 0 Å². The number of hydrogen-bond acceptors (Lipinski definition) is 5. The summed E-state index contributed by atoms with van der Waals surface area (Å²) in [4.78, 5) is 14.7. The summed E-state index contributed by atoms with van der Waals surface area (Å²) < 4.78 is 7.81. The maximum atomic E-state index is 13.5. The first-order valence-corrected chi connectivity index (χ1v) is 14.5. The summed E-state index contributed by atoms with van der Waals surface area (Å²) >= 11 is 1.73. The van der Waals surface area contributed by atoms with Gasteiger partial charge < -0.3 is 19.7 Å². The summed E-state index contributed by atoms with van der Waals surface area (Å²) in [5.41, 5.74) is 9.14. The smallest absolute Gasteiger partial charge is 0.340 e. The van der Waals surface area contributed by atoms with Gasteiger partial charge in [-0.3, -0.25) is 0 Å². The van der Waals surface area contributed by atoms with Gasteiger partial charge in [-0.1, -0.05) is 53.6 Å². The Hall–Kier alpha value is -3.48. The molecule has 0 fully saturated rings. The van der Waals surface area contributed by atoms with E-state index in [2.05, 4.69) is 85.3 Å². The van der Waals surface area contributed by atoms with Gasteiger partial charge in [-0.05, 0) is 75.6 Å². The van der Waals surface area contributed by atoms with E-state index in [4.69, 9.17) is 4.74 Å². The minimum atomic E-state index is -0.352. The first-order chi connectivity index (χ1) is 18.9. The number of aryl methyl sites for hydroxylation is 3. The molecule has 0 unspecified atom stereocenters. The van der Waals surface area contributed by atoms with E-state index in [1.165, 1.54) is 21.6 Å². The van der Waals surface area contributed by atoms with Crippen LogP contribution < -0.4 is 5.32 Å². The van der Waals surface area contributed by atoms with Crippen molar-refractivity contribution in [3.63, 3.8) is 0 Å². The lowest BCUT2D eigenvalue weighted by molar-refractivity contribution is 0.0527. The summed E-state index contributed by atoms with van der Waals surface area (Å²) in [6.45, 7) is 10.7. The number of thioether (sulfide) groups is 1. The van der Waals surface area contributed by atoms with Crippen LogP contribution in [0, 0.1) is 20.8 Å². The molecule has 5 rings (SSSR count). The molecule has 0 aliphatic carbocycles. The van der Waals surface area contributed by atoms with Gasteiger partial charge in [-0.15, -0.1) is 11.8 Å². The average molecular weight is 541 g/mol. The molecule has 2 N–H and O–H groups in total. The molecule has 0 saturated heterocycles. The molecule has 0 saturated carbocycles. The Morgan fingerprint density at radius 2 is 1.82 bits per heavy atom. The molecule has 39 heavy (non-hydrogen) atoms. The minimum Gasteiger partial charge on any atom is -0.507 e. The third kappa shape index (κ3) is 5.77. The zero-order chi connectivity index (χ0) is 27.5. The van der Waals surface area contributed by atoms with Gasteiger partial charge in [0.05, 0.1) is 17.7 Å². The third-order valence-electron chi connectivity index (χ3n) is 7.33. The van der Waals surface area contributed by atoms with Gasteiger partial charge in [0.25, 0.3) is 0 Å². The van der Waals surface area contributed by atoms with Crippen LogP contribution in [0.15, 0.2) is 65.6 Å². The quantitative estimate of drug-likeness (QED) is 0.183. The molecular weight excluding hydrogens is 504 g/mol. The largest absolute Gasteiger partial charge is 0.507 e. The normalized spacial score (nSPS) is 13.5. The highest BCUT2D eigenvalue weighted by Gasteiger charge is 2.26. The average Bonchev–Trinajstić information content (AvgIpc) is 3.21. The fraction of sp³-hybridized carbons (Fsp3) is 0.303. The van der Waals surface area contributed by atoms with E-state index in [9.17, 15) is 9.90 Å². The molecule has 3 aromatic carbocycles. The number of fused-ring (bicyclic) bond motifs is 1. The van der Waals surface area contributed by atoms with E-state index in [0.29, 0.717) is 17.9 Å². The number of nitrogens with one attached hydrogen (secondary N) is 1. The number of esters is 1. The van der Waals surface area contributed by atoms with Crippen LogP contribution in [0.25, 0.3) is 16.5 Å². The number of carbonyl (C=O) groups excluding carboxylic acids is 1. The first kappa shape index (κ1) is 27.1. The van der Waals surface area contributed by atoms with Gasteiger partial charge in [-0.2, -0.15) is 0 Å². The predicted molar refractivity (Wildman–Crippen MR) is 161 cm³/mol. The number of phenols is 1. The van der Waals surface area contributed by atoms with Crippen molar-refractivity contribution in [2.24, 2.45) is 0 Å². The van der Waals surface area contributed by atoms with Gasteiger partial charge in [0, 0.05) is 40.4 Å². The molecule has 0 amide bonds. The summed E-state index contributed by atoms with van der Waals surface area (Å²) in [5, 5.41) is 15.2. The molecule has 0 radical (unpaired) electrons. The zero-order valence-electron chi connectivity index (χ0n) is 23.1. The number of nitrogens with zero attached hydrogens (tertiary/aromatic N) is 1. The third-order valence-corrected chi connectivity index (χ3v) is 8.52. The van der Waals surface area contributed by atoms with Crippen molar-refractivity contribution >= 4 is 34.2 Å². The Balaban J connectivity index is 1.70. The number of rotatable bonds is 8. The zero-order valence-corrected chi connectivity index (χ0v) is 24.0. The fourth-order valence-corrected chi connectivity index (χ4v) is 6.35. The van der Waals surface area contributed by atoms with E-state index >= 15 is 0 Å². The standard InChI is InChI=1S/C33H36N2O3S/c1-5-38-33(37)32-27-18-30(36)26(25-12-14-34-15-13-25)17-28(27)35(19-24-9-6-21(2)7-10-24)29(32)20-39-31-11-8-22(3)16-23(31)4/h6-12,16-18,34,36H,5,13-15,19-20H2,1-4H3. The molecule has 1 aromatic heterocycles. The molecule has 202 valence electrons. The maximum absolute atomic E-state index is 13.5. The molecule has 0 spiro atoms. The van der Waals surface area contributed by atoms with Crippen molar-refractivity contribution in [1.82, 2.24) is 9.88 Å². The predicted octanol–water partition coefficient (Wildman–Crippen LogP) is 7.17. The van der Waals surface area contributed by atoms with E-state index in [0.717, 1.165) is 52.8 Å². The highest BCUT2D eigenvalue weighted by atomic mass is 32.2. The van der Waals surface area contributed by atoms with Crippen molar-refractivity contribution in [2.75, 3.05) is 19.7 Å². The fourth-order valence-electron chi connectivity index (χ4n) is 5.31. The van der Waals surface area contributed by atoms with Crippen LogP contribution in [0.3, 0.4) is 0 Å². The summed E-state index contributed by atoms with van der Waals surface area (Å²) in [6.07, 6.45) is 2.98. The Morgan fingerprint density at radius 1 is 1.05 bits per heavy atom. The number of aromatic hydroxyl groups is 1. The molecule has 4 aromatic rings. The van der Waals surface area contributed by atoms with Crippen LogP contribution in [0.4, 0.5) is 0 Å². The monoisotopic (exact) mass is 540 g/mol. The number of hydrogen-bond donors (Lipinski definition) is 2. The van der Waals surface area contributed by atoms with Crippen molar-refractivity contribution in [3.05, 3.63) is 99.7 Å². The second-order valence-electron chi connectivity index (χ2n) is 10.2. The van der Waals surface area contributed by atoms with Crippen LogP contribution in [-0.2, 0) is 17.0 Å². The number of carbonyl (C=O) groups is 1. The molecule has 5 nitrogen and oxygen atoms in total. The molecule has 2 heterocycles. The number of aromatic nitrogens is 1. The van der Waals surface area contributed by atoms with Gasteiger partial charge in [-0.25, -0.2) is 4.79 Å². The number of phenolic OH excluding ortho intramolecular Hbond substituents is 1. The minimum absolute atomic E-state index is 0.197. The summed E-state index contributed by atoms with van der Waals surface area (Å²) in [6, 6.07) is 18.8. The SMILES string of the molecule is CCOC(=O)c1c(CSc2ccc(C)cc2C)n(Cc2ccc(C)cc2)c2cc(C3=CCNCC3)c(O)cc12. The van der Waals surface area contributed by atoms with Crippen molar-refractivity contribution in [1.29, 1.82) is 0 Å². The molecular formula is C33H36N2O3S. The van der Waals surface area contributed by atoms with Crippen LogP contribution in [-0.4, -0.2) is 35.3 Å². The van der Waals surface area contributed by atoms with Crippen LogP contribution in [0.5, 0.6) is 5.75 Å². The lowest BCUT2D eigenvalue weighted by Crippen LogP contribution is -2.20. The summed E-state index contributed by atoms with van der Waals surface area (Å²) in [7, 11) is 0. The van der Waals surface area contributed by atoms with Gasteiger partial charge >= 0.3 is 5.97 Å². The van der Waals surface area contributed by atoms with Gasteiger partial charge in [0.15, 0.2) is 0 Å². The van der Waals surface area contributed by atoms with E-state index in [1.54, 1.807) is 17.8 Å². The number of benzene rings is 3. The molecule has 6 heteroatoms. The Labute approximate surface area is 234 Å². The topological polar surface area (TPSA) is 63.5 Å². The lowest BCUT2D eigenvalue weighted by Gasteiger charge is -2.17. The second-order valence-corrected chi connectivity index (χ2v) is 11.3. The van der Waals surface area contributed by atoms with E-state index in [1.807, 2.05) is 6.92 Å². The maximum Gasteiger partial charge on any atom is 0.340 e. The van der Waals surface area contributed by atoms with Crippen LogP contribution in [0.2, 0.25) is 0 Å². The van der Waals surface area contributed by atoms with Gasteiger partial charge in [0.2, 0.25) is 0 Å². The highest BCUT2D eigenvalue weighted by Crippen LogP contribution is 2.39. The van der Waals surface area contributed by atoms with Crippen LogP contribution in [0.1, 0.15) is 57.2 Å². The van der Waals surface area contributed by atoms with Crippen LogP contribution >= 0.6 is 11.8 Å². The Bertz CT molecular complexity index is 1550. The Morgan fingerprint density at radius 3 is 2.51 bits per heavy atom. The Kier molecular flexibility index (Phi) is 8.15. The lowest BCUT2D eigenvalue weighted by atomic mass is 9.97. The van der Waals surface area contributed by atoms with Gasteiger partial charge in [0.1, 0.15) is 5.75 Å². The molecule has 0 bridgehead atoms. The summed E-state index contributed by atoms with van der Waals surface area (Å²) in [5.74, 6) is 0.443. The van der Waals surface area contributed by atoms with Crippen molar-refractivity contribution in [3.8, 4) is 5.75 Å². The molecule has 0 atom stereocenters. The van der Waals surface area contributed by atoms with Crippen molar-refractivity contribution < 1.29 is 14.6 Å². The second kappa shape index (κ2) is 11.7. The molecule has 1 aliphatic heterocycles. The number of ether oxygens (including phenoxy) is 1. The molecule has 1 aliphatic rings.